The molecule has 12 heteroatoms. The van der Waals surface area contributed by atoms with Crippen molar-refractivity contribution in [3.05, 3.63) is 66.7 Å². The van der Waals surface area contributed by atoms with Crippen molar-refractivity contribution in [2.45, 2.75) is 30.7 Å². The third-order valence-corrected chi connectivity index (χ3v) is 7.18. The highest BCUT2D eigenvalue weighted by Crippen LogP contribution is 2.32. The number of benzene rings is 2. The number of hydrogen-bond acceptors (Lipinski definition) is 7. The van der Waals surface area contributed by atoms with Gasteiger partial charge in [-0.1, -0.05) is 25.0 Å². The van der Waals surface area contributed by atoms with Crippen molar-refractivity contribution in [2.75, 3.05) is 13.2 Å². The molecule has 0 spiro atoms. The second-order valence-corrected chi connectivity index (χ2v) is 9.80. The molecule has 0 bridgehead atoms. The normalized spacial score (nSPS) is 13.4. The van der Waals surface area contributed by atoms with Crippen LogP contribution in [0.2, 0.25) is 0 Å². The molecule has 1 saturated carbocycles. The summed E-state index contributed by atoms with van der Waals surface area (Å²) in [5.74, 6) is 0.511. The number of sulfonamides is 1. The van der Waals surface area contributed by atoms with Crippen LogP contribution in [0.1, 0.15) is 24.8 Å². The largest absolute Gasteiger partial charge is 0.494 e. The minimum Gasteiger partial charge on any atom is -0.494 e. The van der Waals surface area contributed by atoms with Crippen LogP contribution >= 0.6 is 12.4 Å². The third kappa shape index (κ3) is 6.54. The molecule has 182 valence electrons. The summed E-state index contributed by atoms with van der Waals surface area (Å²) in [4.78, 5) is 15.8. The van der Waals surface area contributed by atoms with E-state index in [1.807, 2.05) is 0 Å². The molecule has 0 unspecified atom stereocenters. The Balaban J connectivity index is 0.00000324. The number of carbonyl (C=O) groups is 1. The summed E-state index contributed by atoms with van der Waals surface area (Å²) in [6, 6.07) is 13.2. The number of carbonyl (C=O) groups excluding carboxylic acids is 1. The van der Waals surface area contributed by atoms with Crippen LogP contribution in [0.4, 0.5) is 0 Å². The maximum Gasteiger partial charge on any atom is 0.258 e. The molecule has 4 rings (SSSR count). The maximum absolute atomic E-state index is 13.3. The van der Waals surface area contributed by atoms with Crippen LogP contribution in [0.15, 0.2) is 66.1 Å². The molecule has 1 amide bonds. The number of hydrogen-bond donors (Lipinski definition) is 2. The summed E-state index contributed by atoms with van der Waals surface area (Å²) in [5.41, 5.74) is 2.92. The highest BCUT2D eigenvalue weighted by atomic mass is 35.5. The fourth-order valence-corrected chi connectivity index (χ4v) is 4.71. The van der Waals surface area contributed by atoms with Gasteiger partial charge >= 0.3 is 0 Å². The lowest BCUT2D eigenvalue weighted by molar-refractivity contribution is -0.129. The summed E-state index contributed by atoms with van der Waals surface area (Å²) in [6.45, 7) is 0.000476. The van der Waals surface area contributed by atoms with Crippen LogP contribution < -0.4 is 10.2 Å². The zero-order chi connectivity index (χ0) is 23.3. The van der Waals surface area contributed by atoms with Gasteiger partial charge in [0.1, 0.15) is 18.4 Å². The van der Waals surface area contributed by atoms with Crippen LogP contribution in [0.25, 0.3) is 5.69 Å². The molecule has 2 N–H and O–H groups in total. The highest BCUT2D eigenvalue weighted by Gasteiger charge is 2.27. The van der Waals surface area contributed by atoms with Gasteiger partial charge in [0.2, 0.25) is 10.0 Å². The van der Waals surface area contributed by atoms with E-state index in [1.165, 1.54) is 36.8 Å². The van der Waals surface area contributed by atoms with Gasteiger partial charge in [0.25, 0.3) is 5.91 Å². The van der Waals surface area contributed by atoms with Crippen LogP contribution in [0.3, 0.4) is 0 Å². The van der Waals surface area contributed by atoms with Crippen LogP contribution in [0, 0.1) is 5.92 Å². The lowest BCUT2D eigenvalue weighted by atomic mass is 10.2. The number of nitrogens with zero attached hydrogens (tertiary/aromatic N) is 4. The SMILES string of the molecule is Cl.O=C(CN(Cc1ccc(-n2cncn2)cc1)S(=O)(=O)c1ccc(OCCC2CC2)cc1)NO. The lowest BCUT2D eigenvalue weighted by Gasteiger charge is -2.21. The number of ether oxygens (including phenoxy) is 1. The monoisotopic (exact) mass is 507 g/mol. The predicted octanol–water partition coefficient (Wildman–Crippen LogP) is 2.56. The topological polar surface area (TPSA) is 127 Å². The average Bonchev–Trinajstić information content (AvgIpc) is 3.49. The molecule has 0 radical (unpaired) electrons. The molecule has 0 atom stereocenters. The van der Waals surface area contributed by atoms with Gasteiger partial charge in [-0.05, 0) is 54.3 Å². The van der Waals surface area contributed by atoms with E-state index in [4.69, 9.17) is 9.94 Å². The minimum absolute atomic E-state index is 0. The molecule has 0 aliphatic heterocycles. The molecule has 0 saturated heterocycles. The molecular formula is C22H26ClN5O5S. The predicted molar refractivity (Wildman–Crippen MR) is 125 cm³/mol. The summed E-state index contributed by atoms with van der Waals surface area (Å²) in [6.07, 6.45) is 6.47. The zero-order valence-electron chi connectivity index (χ0n) is 18.3. The first kappa shape index (κ1) is 25.6. The van der Waals surface area contributed by atoms with Gasteiger partial charge in [-0.25, -0.2) is 23.6 Å². The van der Waals surface area contributed by atoms with Crippen molar-refractivity contribution in [3.8, 4) is 11.4 Å². The number of aromatic nitrogens is 3. The van der Waals surface area contributed by atoms with Gasteiger partial charge in [-0.3, -0.25) is 10.0 Å². The van der Waals surface area contributed by atoms with Crippen LogP contribution in [0.5, 0.6) is 5.75 Å². The second kappa shape index (κ2) is 11.4. The standard InChI is InChI=1S/C22H25N5O5S.ClH/c28-22(25-29)14-26(13-18-3-5-19(6-4-18)27-16-23-15-24-27)33(30,31)21-9-7-20(8-10-21)32-12-11-17-1-2-17;/h3-10,15-17,29H,1-2,11-14H2,(H,25,28);1H. The van der Waals surface area contributed by atoms with Crippen LogP contribution in [-0.4, -0.2) is 51.8 Å². The Morgan fingerprint density at radius 1 is 1.15 bits per heavy atom. The molecule has 10 nitrogen and oxygen atoms in total. The summed E-state index contributed by atoms with van der Waals surface area (Å²) in [7, 11) is -4.02. The molecule has 1 aliphatic carbocycles. The van der Waals surface area contributed by atoms with E-state index in [9.17, 15) is 13.2 Å². The van der Waals surface area contributed by atoms with E-state index < -0.39 is 22.5 Å². The van der Waals surface area contributed by atoms with Gasteiger partial charge in [0, 0.05) is 6.54 Å². The second-order valence-electron chi connectivity index (χ2n) is 7.87. The van der Waals surface area contributed by atoms with Crippen molar-refractivity contribution >= 4 is 28.3 Å². The lowest BCUT2D eigenvalue weighted by Crippen LogP contribution is -2.39. The number of amides is 1. The highest BCUT2D eigenvalue weighted by molar-refractivity contribution is 7.89. The van der Waals surface area contributed by atoms with E-state index in [-0.39, 0.29) is 23.8 Å². The van der Waals surface area contributed by atoms with Gasteiger partial charge in [0.15, 0.2) is 0 Å². The van der Waals surface area contributed by atoms with Crippen molar-refractivity contribution in [2.24, 2.45) is 5.92 Å². The van der Waals surface area contributed by atoms with Crippen LogP contribution in [-0.2, 0) is 21.4 Å². The smallest absolute Gasteiger partial charge is 0.258 e. The molecule has 3 aromatic rings. The van der Waals surface area contributed by atoms with Gasteiger partial charge in [-0.2, -0.15) is 9.40 Å². The number of halogens is 1. The number of nitrogens with one attached hydrogen (secondary N) is 1. The molecule has 1 aromatic heterocycles. The Morgan fingerprint density at radius 3 is 2.44 bits per heavy atom. The van der Waals surface area contributed by atoms with Gasteiger partial charge < -0.3 is 4.74 Å². The molecule has 34 heavy (non-hydrogen) atoms. The Labute approximate surface area is 204 Å². The molecular weight excluding hydrogens is 482 g/mol. The minimum atomic E-state index is -4.02. The molecule has 1 aliphatic rings. The average molecular weight is 508 g/mol. The Bertz CT molecular complexity index is 1170. The first-order valence-corrected chi connectivity index (χ1v) is 12.0. The Morgan fingerprint density at radius 2 is 1.85 bits per heavy atom. The van der Waals surface area contributed by atoms with E-state index in [1.54, 1.807) is 47.4 Å². The summed E-state index contributed by atoms with van der Waals surface area (Å²) >= 11 is 0. The zero-order valence-corrected chi connectivity index (χ0v) is 19.9. The molecule has 2 aromatic carbocycles. The summed E-state index contributed by atoms with van der Waals surface area (Å²) in [5, 5.41) is 13.0. The van der Waals surface area contributed by atoms with Crippen molar-refractivity contribution in [1.29, 1.82) is 0 Å². The van der Waals surface area contributed by atoms with E-state index in [2.05, 4.69) is 10.1 Å². The van der Waals surface area contributed by atoms with Gasteiger partial charge in [0.05, 0.1) is 23.7 Å². The number of hydroxylamine groups is 1. The molecule has 1 fully saturated rings. The fraction of sp³-hybridized carbons (Fsp3) is 0.318. The third-order valence-electron chi connectivity index (χ3n) is 5.38. The van der Waals surface area contributed by atoms with E-state index in [0.29, 0.717) is 17.9 Å². The number of rotatable bonds is 11. The first-order chi connectivity index (χ1) is 16.0. The van der Waals surface area contributed by atoms with Crippen molar-refractivity contribution in [1.82, 2.24) is 24.5 Å². The molecule has 1 heterocycles. The van der Waals surface area contributed by atoms with Crippen molar-refractivity contribution in [3.63, 3.8) is 0 Å². The fourth-order valence-electron chi connectivity index (χ4n) is 3.33. The van der Waals surface area contributed by atoms with E-state index in [0.717, 1.165) is 22.3 Å². The van der Waals surface area contributed by atoms with Gasteiger partial charge in [-0.15, -0.1) is 12.4 Å². The summed E-state index contributed by atoms with van der Waals surface area (Å²) < 4.78 is 34.8. The Hall–Kier alpha value is -2.99. The first-order valence-electron chi connectivity index (χ1n) is 10.6. The maximum atomic E-state index is 13.3. The Kier molecular flexibility index (Phi) is 8.61. The van der Waals surface area contributed by atoms with Crippen molar-refractivity contribution < 1.29 is 23.2 Å². The van der Waals surface area contributed by atoms with E-state index >= 15 is 0 Å². The quantitative estimate of drug-likeness (QED) is 0.301.